The van der Waals surface area contributed by atoms with E-state index in [2.05, 4.69) is 20.8 Å². The van der Waals surface area contributed by atoms with Gasteiger partial charge in [-0.1, -0.05) is 25.0 Å². The lowest BCUT2D eigenvalue weighted by Crippen LogP contribution is -2.50. The van der Waals surface area contributed by atoms with Gasteiger partial charge in [-0.25, -0.2) is 4.39 Å². The number of benzene rings is 1. The van der Waals surface area contributed by atoms with Crippen LogP contribution in [-0.4, -0.2) is 24.5 Å². The predicted octanol–water partition coefficient (Wildman–Crippen LogP) is 3.46. The van der Waals surface area contributed by atoms with E-state index in [0.717, 1.165) is 12.8 Å². The molecule has 0 spiro atoms. The zero-order chi connectivity index (χ0) is 13.3. The third kappa shape index (κ3) is 2.22. The highest BCUT2D eigenvalue weighted by Crippen LogP contribution is 2.43. The van der Waals surface area contributed by atoms with Gasteiger partial charge in [0.25, 0.3) is 0 Å². The van der Waals surface area contributed by atoms with E-state index >= 15 is 0 Å². The van der Waals surface area contributed by atoms with Crippen LogP contribution in [0.1, 0.15) is 37.3 Å². The van der Waals surface area contributed by atoms with Crippen LogP contribution >= 0.6 is 15.9 Å². The van der Waals surface area contributed by atoms with Gasteiger partial charge in [0.15, 0.2) is 0 Å². The molecule has 100 valence electrons. The Balaban J connectivity index is 2.40. The Hall–Kier alpha value is -0.450. The molecule has 1 atom stereocenters. The quantitative estimate of drug-likeness (QED) is 0.925. The van der Waals surface area contributed by atoms with Gasteiger partial charge in [0, 0.05) is 11.1 Å². The van der Waals surface area contributed by atoms with E-state index in [-0.39, 0.29) is 17.4 Å². The number of hydrogen-bond acceptors (Lipinski definition) is 2. The molecule has 0 radical (unpaired) electrons. The minimum Gasteiger partial charge on any atom is -0.322 e. The van der Waals surface area contributed by atoms with Crippen molar-refractivity contribution in [3.63, 3.8) is 0 Å². The summed E-state index contributed by atoms with van der Waals surface area (Å²) in [6.07, 6.45) is 4.41. The van der Waals surface area contributed by atoms with E-state index in [0.29, 0.717) is 10.0 Å². The van der Waals surface area contributed by atoms with Gasteiger partial charge in [0.1, 0.15) is 5.82 Å². The molecule has 1 aliphatic rings. The molecule has 1 aliphatic carbocycles. The summed E-state index contributed by atoms with van der Waals surface area (Å²) in [7, 11) is 4.09. The summed E-state index contributed by atoms with van der Waals surface area (Å²) in [6.45, 7) is 0. The molecule has 1 saturated carbocycles. The molecule has 1 unspecified atom stereocenters. The molecule has 2 rings (SSSR count). The first kappa shape index (κ1) is 14.0. The molecule has 2 nitrogen and oxygen atoms in total. The first-order valence-electron chi connectivity index (χ1n) is 6.36. The summed E-state index contributed by atoms with van der Waals surface area (Å²) in [4.78, 5) is 2.17. The smallest absolute Gasteiger partial charge is 0.142 e. The SMILES string of the molecule is CN(C)C1(C(N)c2cccc(Br)c2F)CCCC1. The lowest BCUT2D eigenvalue weighted by molar-refractivity contribution is 0.121. The molecule has 2 N–H and O–H groups in total. The van der Waals surface area contributed by atoms with Crippen LogP contribution in [-0.2, 0) is 0 Å². The Kier molecular flexibility index (Phi) is 4.09. The fourth-order valence-electron chi connectivity index (χ4n) is 3.07. The molecular formula is C14H20BrFN2. The molecular weight excluding hydrogens is 295 g/mol. The average molecular weight is 315 g/mol. The van der Waals surface area contributed by atoms with Gasteiger partial charge in [0.05, 0.1) is 10.5 Å². The number of halogens is 2. The number of rotatable bonds is 3. The van der Waals surface area contributed by atoms with Crippen molar-refractivity contribution in [3.05, 3.63) is 34.1 Å². The Morgan fingerprint density at radius 1 is 1.33 bits per heavy atom. The maximum absolute atomic E-state index is 14.2. The summed E-state index contributed by atoms with van der Waals surface area (Å²) in [5.41, 5.74) is 6.91. The third-order valence-electron chi connectivity index (χ3n) is 4.26. The summed E-state index contributed by atoms with van der Waals surface area (Å²) in [6, 6.07) is 5.07. The van der Waals surface area contributed by atoms with Crippen LogP contribution in [0.25, 0.3) is 0 Å². The van der Waals surface area contributed by atoms with E-state index in [1.165, 1.54) is 12.8 Å². The van der Waals surface area contributed by atoms with E-state index in [9.17, 15) is 4.39 Å². The summed E-state index contributed by atoms with van der Waals surface area (Å²) >= 11 is 3.23. The molecule has 0 amide bonds. The maximum Gasteiger partial charge on any atom is 0.142 e. The number of nitrogens with zero attached hydrogens (tertiary/aromatic N) is 1. The first-order chi connectivity index (χ1) is 8.49. The molecule has 0 heterocycles. The monoisotopic (exact) mass is 314 g/mol. The molecule has 1 fully saturated rings. The highest BCUT2D eigenvalue weighted by molar-refractivity contribution is 9.10. The highest BCUT2D eigenvalue weighted by Gasteiger charge is 2.43. The van der Waals surface area contributed by atoms with E-state index in [1.54, 1.807) is 12.1 Å². The lowest BCUT2D eigenvalue weighted by atomic mass is 9.83. The molecule has 0 saturated heterocycles. The molecule has 18 heavy (non-hydrogen) atoms. The van der Waals surface area contributed by atoms with Crippen molar-refractivity contribution in [2.45, 2.75) is 37.3 Å². The highest BCUT2D eigenvalue weighted by atomic mass is 79.9. The second-order valence-corrected chi connectivity index (χ2v) is 6.18. The Morgan fingerprint density at radius 2 is 1.94 bits per heavy atom. The fraction of sp³-hybridized carbons (Fsp3) is 0.571. The average Bonchev–Trinajstić information content (AvgIpc) is 2.82. The topological polar surface area (TPSA) is 29.3 Å². The Bertz CT molecular complexity index is 428. The molecule has 0 aliphatic heterocycles. The van der Waals surface area contributed by atoms with Crippen molar-refractivity contribution in [1.29, 1.82) is 0 Å². The Morgan fingerprint density at radius 3 is 2.50 bits per heavy atom. The van der Waals surface area contributed by atoms with Crippen molar-refractivity contribution < 1.29 is 4.39 Å². The first-order valence-corrected chi connectivity index (χ1v) is 7.15. The minimum absolute atomic E-state index is 0.109. The molecule has 1 aromatic rings. The Labute approximate surface area is 116 Å². The van der Waals surface area contributed by atoms with Crippen molar-refractivity contribution in [2.75, 3.05) is 14.1 Å². The molecule has 4 heteroatoms. The molecule has 0 aromatic heterocycles. The minimum atomic E-state index is -0.285. The van der Waals surface area contributed by atoms with E-state index < -0.39 is 0 Å². The lowest BCUT2D eigenvalue weighted by Gasteiger charge is -2.41. The van der Waals surface area contributed by atoms with Crippen LogP contribution in [0.4, 0.5) is 4.39 Å². The second kappa shape index (κ2) is 5.27. The van der Waals surface area contributed by atoms with E-state index in [4.69, 9.17) is 5.73 Å². The van der Waals surface area contributed by atoms with Crippen LogP contribution in [0.3, 0.4) is 0 Å². The summed E-state index contributed by atoms with van der Waals surface area (Å²) in [5, 5.41) is 0. The fourth-order valence-corrected chi connectivity index (χ4v) is 3.46. The maximum atomic E-state index is 14.2. The van der Waals surface area contributed by atoms with Gasteiger partial charge in [0.2, 0.25) is 0 Å². The summed E-state index contributed by atoms with van der Waals surface area (Å²) < 4.78 is 14.7. The van der Waals surface area contributed by atoms with Crippen LogP contribution < -0.4 is 5.73 Å². The molecule has 0 bridgehead atoms. The normalized spacial score (nSPS) is 20.3. The van der Waals surface area contributed by atoms with Gasteiger partial charge in [-0.05, 0) is 48.9 Å². The largest absolute Gasteiger partial charge is 0.322 e. The van der Waals surface area contributed by atoms with Crippen LogP contribution in [0.2, 0.25) is 0 Å². The number of nitrogens with two attached hydrogens (primary N) is 1. The van der Waals surface area contributed by atoms with Crippen molar-refractivity contribution in [1.82, 2.24) is 4.90 Å². The summed E-state index contributed by atoms with van der Waals surface area (Å²) in [5.74, 6) is -0.224. The number of likely N-dealkylation sites (N-methyl/N-ethyl adjacent to an activating group) is 1. The standard InChI is InChI=1S/C14H20BrFN2/c1-18(2)14(8-3-4-9-14)13(17)10-6-5-7-11(15)12(10)16/h5-7,13H,3-4,8-9,17H2,1-2H3. The van der Waals surface area contributed by atoms with Crippen LogP contribution in [0.15, 0.2) is 22.7 Å². The van der Waals surface area contributed by atoms with Crippen molar-refractivity contribution >= 4 is 15.9 Å². The van der Waals surface area contributed by atoms with Gasteiger partial charge in [-0.2, -0.15) is 0 Å². The van der Waals surface area contributed by atoms with Gasteiger partial charge < -0.3 is 10.6 Å². The van der Waals surface area contributed by atoms with Gasteiger partial charge in [-0.15, -0.1) is 0 Å². The van der Waals surface area contributed by atoms with Crippen LogP contribution in [0.5, 0.6) is 0 Å². The predicted molar refractivity (Wildman–Crippen MR) is 75.9 cm³/mol. The zero-order valence-electron chi connectivity index (χ0n) is 10.9. The van der Waals surface area contributed by atoms with Gasteiger partial charge >= 0.3 is 0 Å². The molecule has 1 aromatic carbocycles. The number of hydrogen-bond donors (Lipinski definition) is 1. The van der Waals surface area contributed by atoms with E-state index in [1.807, 2.05) is 20.2 Å². The van der Waals surface area contributed by atoms with Crippen molar-refractivity contribution in [2.24, 2.45) is 5.73 Å². The van der Waals surface area contributed by atoms with Crippen molar-refractivity contribution in [3.8, 4) is 0 Å². The van der Waals surface area contributed by atoms with Crippen LogP contribution in [0, 0.1) is 5.82 Å². The zero-order valence-corrected chi connectivity index (χ0v) is 12.5. The van der Waals surface area contributed by atoms with Gasteiger partial charge in [-0.3, -0.25) is 0 Å². The third-order valence-corrected chi connectivity index (χ3v) is 4.87. The second-order valence-electron chi connectivity index (χ2n) is 5.33.